The largest absolute Gasteiger partial charge is 0.372 e. The van der Waals surface area contributed by atoms with Crippen LogP contribution in [-0.4, -0.2) is 19.0 Å². The highest BCUT2D eigenvalue weighted by atomic mass is 19.1. The molecular formula is C20H23FN2O. The number of rotatable bonds is 4. The minimum absolute atomic E-state index is 0.136. The summed E-state index contributed by atoms with van der Waals surface area (Å²) in [7, 11) is 0. The number of halogens is 1. The molecular weight excluding hydrogens is 303 g/mol. The Morgan fingerprint density at radius 1 is 1.00 bits per heavy atom. The molecule has 0 bridgehead atoms. The van der Waals surface area contributed by atoms with Gasteiger partial charge in [-0.15, -0.1) is 0 Å². The fourth-order valence-electron chi connectivity index (χ4n) is 3.12. The predicted octanol–water partition coefficient (Wildman–Crippen LogP) is 4.39. The number of carbonyl (C=O) groups excluding carboxylic acids is 1. The van der Waals surface area contributed by atoms with Gasteiger partial charge in [-0.3, -0.25) is 4.79 Å². The Morgan fingerprint density at radius 2 is 1.71 bits per heavy atom. The van der Waals surface area contributed by atoms with Gasteiger partial charge in [-0.25, -0.2) is 4.39 Å². The van der Waals surface area contributed by atoms with Gasteiger partial charge < -0.3 is 10.2 Å². The molecule has 1 aliphatic rings. The normalized spacial score (nSPS) is 15.0. The lowest BCUT2D eigenvalue weighted by Crippen LogP contribution is -2.23. The molecule has 0 spiro atoms. The fraction of sp³-hybridized carbons (Fsp3) is 0.350. The Hall–Kier alpha value is -2.36. The standard InChI is InChI=1S/C20H23FN2O/c21-17-7-5-6-16(14-17)15-20(24)22-18-8-10-19(11-9-18)23-12-3-1-2-4-13-23/h5-11,14H,1-4,12-13,15H2,(H,22,24). The highest BCUT2D eigenvalue weighted by molar-refractivity contribution is 5.92. The van der Waals surface area contributed by atoms with Gasteiger partial charge in [-0.2, -0.15) is 0 Å². The van der Waals surface area contributed by atoms with E-state index in [1.165, 1.54) is 43.5 Å². The second-order valence-electron chi connectivity index (χ2n) is 6.30. The molecule has 3 rings (SSSR count). The van der Waals surface area contributed by atoms with E-state index in [1.807, 2.05) is 12.1 Å². The summed E-state index contributed by atoms with van der Waals surface area (Å²) in [4.78, 5) is 14.5. The number of nitrogens with zero attached hydrogens (tertiary/aromatic N) is 1. The van der Waals surface area contributed by atoms with Crippen molar-refractivity contribution in [1.29, 1.82) is 0 Å². The first-order valence-electron chi connectivity index (χ1n) is 8.60. The van der Waals surface area contributed by atoms with Crippen molar-refractivity contribution in [1.82, 2.24) is 0 Å². The van der Waals surface area contributed by atoms with E-state index in [2.05, 4.69) is 22.3 Å². The van der Waals surface area contributed by atoms with Gasteiger partial charge in [0.05, 0.1) is 6.42 Å². The molecule has 1 fully saturated rings. The zero-order valence-electron chi connectivity index (χ0n) is 13.8. The first-order valence-corrected chi connectivity index (χ1v) is 8.60. The fourth-order valence-corrected chi connectivity index (χ4v) is 3.12. The predicted molar refractivity (Wildman–Crippen MR) is 95.9 cm³/mol. The maximum absolute atomic E-state index is 13.2. The quantitative estimate of drug-likeness (QED) is 0.904. The van der Waals surface area contributed by atoms with Crippen molar-refractivity contribution in [3.63, 3.8) is 0 Å². The first kappa shape index (κ1) is 16.5. The van der Waals surface area contributed by atoms with Crippen LogP contribution in [0.15, 0.2) is 48.5 Å². The van der Waals surface area contributed by atoms with Gasteiger partial charge in [-0.05, 0) is 54.8 Å². The molecule has 0 saturated carbocycles. The van der Waals surface area contributed by atoms with Crippen molar-refractivity contribution in [2.75, 3.05) is 23.3 Å². The second-order valence-corrected chi connectivity index (χ2v) is 6.30. The molecule has 0 unspecified atom stereocenters. The monoisotopic (exact) mass is 326 g/mol. The van der Waals surface area contributed by atoms with Crippen LogP contribution in [0, 0.1) is 5.82 Å². The van der Waals surface area contributed by atoms with E-state index in [0.29, 0.717) is 5.56 Å². The Kier molecular flexibility index (Phi) is 5.47. The van der Waals surface area contributed by atoms with E-state index >= 15 is 0 Å². The molecule has 0 aromatic heterocycles. The molecule has 2 aromatic carbocycles. The number of hydrogen-bond donors (Lipinski definition) is 1. The molecule has 1 N–H and O–H groups in total. The minimum atomic E-state index is -0.317. The number of amides is 1. The van der Waals surface area contributed by atoms with Crippen molar-refractivity contribution in [3.8, 4) is 0 Å². The van der Waals surface area contributed by atoms with Crippen LogP contribution in [0.4, 0.5) is 15.8 Å². The summed E-state index contributed by atoms with van der Waals surface area (Å²) in [6.45, 7) is 2.20. The van der Waals surface area contributed by atoms with Crippen molar-refractivity contribution >= 4 is 17.3 Å². The zero-order valence-corrected chi connectivity index (χ0v) is 13.8. The van der Waals surface area contributed by atoms with Crippen molar-refractivity contribution in [2.24, 2.45) is 0 Å². The Bertz CT molecular complexity index is 676. The lowest BCUT2D eigenvalue weighted by molar-refractivity contribution is -0.115. The van der Waals surface area contributed by atoms with Crippen LogP contribution in [-0.2, 0) is 11.2 Å². The summed E-state index contributed by atoms with van der Waals surface area (Å²) in [5, 5.41) is 2.87. The van der Waals surface area contributed by atoms with E-state index in [9.17, 15) is 9.18 Å². The van der Waals surface area contributed by atoms with Crippen LogP contribution in [0.25, 0.3) is 0 Å². The third-order valence-corrected chi connectivity index (χ3v) is 4.38. The van der Waals surface area contributed by atoms with Crippen LogP contribution in [0.2, 0.25) is 0 Å². The highest BCUT2D eigenvalue weighted by Gasteiger charge is 2.10. The highest BCUT2D eigenvalue weighted by Crippen LogP contribution is 2.21. The lowest BCUT2D eigenvalue weighted by Gasteiger charge is -2.22. The topological polar surface area (TPSA) is 32.3 Å². The average Bonchev–Trinajstić information content (AvgIpc) is 2.85. The van der Waals surface area contributed by atoms with E-state index in [4.69, 9.17) is 0 Å². The third-order valence-electron chi connectivity index (χ3n) is 4.38. The second kappa shape index (κ2) is 7.95. The number of nitrogens with one attached hydrogen (secondary N) is 1. The molecule has 0 radical (unpaired) electrons. The van der Waals surface area contributed by atoms with E-state index < -0.39 is 0 Å². The number of carbonyl (C=O) groups is 1. The number of hydrogen-bond acceptors (Lipinski definition) is 2. The van der Waals surface area contributed by atoms with Crippen LogP contribution >= 0.6 is 0 Å². The van der Waals surface area contributed by atoms with Crippen LogP contribution in [0.5, 0.6) is 0 Å². The Morgan fingerprint density at radius 3 is 2.38 bits per heavy atom. The molecule has 2 aromatic rings. The minimum Gasteiger partial charge on any atom is -0.372 e. The molecule has 24 heavy (non-hydrogen) atoms. The maximum Gasteiger partial charge on any atom is 0.228 e. The number of benzene rings is 2. The third kappa shape index (κ3) is 4.57. The van der Waals surface area contributed by atoms with Crippen LogP contribution < -0.4 is 10.2 Å². The number of anilines is 2. The lowest BCUT2D eigenvalue weighted by atomic mass is 10.1. The van der Waals surface area contributed by atoms with Crippen molar-refractivity contribution in [2.45, 2.75) is 32.1 Å². The molecule has 1 heterocycles. The summed E-state index contributed by atoms with van der Waals surface area (Å²) in [6, 6.07) is 14.1. The molecule has 0 atom stereocenters. The Balaban J connectivity index is 1.58. The van der Waals surface area contributed by atoms with Gasteiger partial charge in [0, 0.05) is 24.5 Å². The molecule has 1 amide bonds. The van der Waals surface area contributed by atoms with E-state index in [-0.39, 0.29) is 18.1 Å². The molecule has 126 valence electrons. The van der Waals surface area contributed by atoms with Crippen molar-refractivity contribution < 1.29 is 9.18 Å². The van der Waals surface area contributed by atoms with Gasteiger partial charge in [0.1, 0.15) is 5.82 Å². The maximum atomic E-state index is 13.2. The Labute approximate surface area is 142 Å². The summed E-state index contributed by atoms with van der Waals surface area (Å²) in [6.07, 6.45) is 5.28. The van der Waals surface area contributed by atoms with Gasteiger partial charge in [0.15, 0.2) is 0 Å². The molecule has 4 heteroatoms. The van der Waals surface area contributed by atoms with Crippen LogP contribution in [0.3, 0.4) is 0 Å². The zero-order chi connectivity index (χ0) is 16.8. The summed E-state index contributed by atoms with van der Waals surface area (Å²) >= 11 is 0. The van der Waals surface area contributed by atoms with Crippen molar-refractivity contribution in [3.05, 3.63) is 59.9 Å². The average molecular weight is 326 g/mol. The van der Waals surface area contributed by atoms with Gasteiger partial charge in [-0.1, -0.05) is 25.0 Å². The SMILES string of the molecule is O=C(Cc1cccc(F)c1)Nc1ccc(N2CCCCCC2)cc1. The summed E-state index contributed by atoms with van der Waals surface area (Å²) < 4.78 is 13.2. The van der Waals surface area contributed by atoms with E-state index in [1.54, 1.807) is 12.1 Å². The van der Waals surface area contributed by atoms with Gasteiger partial charge >= 0.3 is 0 Å². The molecule has 1 aliphatic heterocycles. The van der Waals surface area contributed by atoms with E-state index in [0.717, 1.165) is 18.8 Å². The van der Waals surface area contributed by atoms with Gasteiger partial charge in [0.2, 0.25) is 5.91 Å². The molecule has 0 aliphatic carbocycles. The first-order chi connectivity index (χ1) is 11.7. The molecule has 1 saturated heterocycles. The molecule has 3 nitrogen and oxygen atoms in total. The van der Waals surface area contributed by atoms with Crippen LogP contribution in [0.1, 0.15) is 31.2 Å². The summed E-state index contributed by atoms with van der Waals surface area (Å²) in [5.41, 5.74) is 2.66. The summed E-state index contributed by atoms with van der Waals surface area (Å²) in [5.74, 6) is -0.453. The smallest absolute Gasteiger partial charge is 0.228 e. The van der Waals surface area contributed by atoms with Gasteiger partial charge in [0.25, 0.3) is 0 Å².